The van der Waals surface area contributed by atoms with Crippen LogP contribution in [-0.4, -0.2) is 16.9 Å². The van der Waals surface area contributed by atoms with Crippen molar-refractivity contribution in [2.75, 3.05) is 4.90 Å². The molecule has 0 fully saturated rings. The van der Waals surface area contributed by atoms with Gasteiger partial charge in [-0.05, 0) is 90.7 Å². The van der Waals surface area contributed by atoms with Gasteiger partial charge in [0, 0.05) is 26.7 Å². The summed E-state index contributed by atoms with van der Waals surface area (Å²) < 4.78 is 0. The molecule has 10 aromatic carbocycles. The number of benzene rings is 10. The average Bonchev–Trinajstić information content (AvgIpc) is 3.35. The number of rotatable bonds is 6. The van der Waals surface area contributed by atoms with Gasteiger partial charge >= 0.3 is 0 Å². The number of anilines is 3. The highest BCUT2D eigenvalue weighted by molar-refractivity contribution is 8.00. The first-order chi connectivity index (χ1) is 30.8. The molecule has 0 radical (unpaired) electrons. The first-order valence-electron chi connectivity index (χ1n) is 21.5. The Morgan fingerprint density at radius 3 is 1.69 bits per heavy atom. The molecule has 10 aromatic rings. The van der Waals surface area contributed by atoms with E-state index in [0.29, 0.717) is 0 Å². The minimum atomic E-state index is -2.78. The molecule has 292 valence electrons. The molecular weight excluding hydrogens is 799 g/mol. The van der Waals surface area contributed by atoms with E-state index in [2.05, 4.69) is 248 Å². The van der Waals surface area contributed by atoms with E-state index in [1.807, 2.05) is 11.8 Å². The highest BCUT2D eigenvalue weighted by Gasteiger charge is 2.53. The topological polar surface area (TPSA) is 3.24 Å². The van der Waals surface area contributed by atoms with Crippen LogP contribution in [0, 0.1) is 0 Å². The van der Waals surface area contributed by atoms with Gasteiger partial charge in [0.2, 0.25) is 0 Å². The normalized spacial score (nSPS) is 14.4. The zero-order valence-corrected chi connectivity index (χ0v) is 37.0. The van der Waals surface area contributed by atoms with E-state index in [-0.39, 0.29) is 0 Å². The summed E-state index contributed by atoms with van der Waals surface area (Å²) >= 11 is 1.94. The van der Waals surface area contributed by atoms with Crippen LogP contribution in [0.2, 0.25) is 0 Å². The Hall–Kier alpha value is -6.96. The van der Waals surface area contributed by atoms with Gasteiger partial charge in [-0.15, -0.1) is 0 Å². The lowest BCUT2D eigenvalue weighted by atomic mass is 9.97. The second-order valence-corrected chi connectivity index (χ2v) is 23.9. The number of hydrogen-bond donors (Lipinski definition) is 0. The third kappa shape index (κ3) is 5.83. The highest BCUT2D eigenvalue weighted by atomic mass is 32.2. The van der Waals surface area contributed by atoms with Crippen LogP contribution in [0.3, 0.4) is 0 Å². The minimum absolute atomic E-state index is 1.13. The van der Waals surface area contributed by atoms with Crippen molar-refractivity contribution in [3.8, 4) is 22.3 Å². The second kappa shape index (κ2) is 15.2. The van der Waals surface area contributed by atoms with Crippen LogP contribution in [0.5, 0.6) is 0 Å². The van der Waals surface area contributed by atoms with E-state index in [0.717, 1.165) is 11.4 Å². The number of fused-ring (bicyclic) bond motifs is 9. The third-order valence-electron chi connectivity index (χ3n) is 13.1. The number of nitrogens with zero attached hydrogens (tertiary/aromatic N) is 1. The summed E-state index contributed by atoms with van der Waals surface area (Å²) in [5.74, 6) is 0. The maximum absolute atomic E-state index is 2.78. The van der Waals surface area contributed by atoms with Crippen molar-refractivity contribution in [3.05, 3.63) is 243 Å². The summed E-state index contributed by atoms with van der Waals surface area (Å²) in [6.07, 6.45) is 0. The van der Waals surface area contributed by atoms with Crippen LogP contribution in [0.4, 0.5) is 17.1 Å². The standard InChI is InChI=1S/C58H41NSSi2/c1-3-18-42(19-4-1)49-25-9-10-27-50(49)59(44-36-34-43(35-37-44)48-26-17-21-41-20-7-8-24-47(41)48)45-38-39-58-54(40-45)61(46-22-5-2-6-23-46)53-30-13-16-33-57(53)62(58)55-31-14-11-28-51(55)60-52-29-12-15-32-56(52)62/h1-40,61H. The summed E-state index contributed by atoms with van der Waals surface area (Å²) in [6, 6.07) is 91.5. The Bertz CT molecular complexity index is 3240. The SMILES string of the molecule is c1ccc(-c2ccccc2N(c2ccc(-c3cccc4ccccc34)cc2)c2ccc3c(c2)[SiH](c2ccccc2)c2ccccc2[Si]32c3ccccc3Sc3ccccc32)cc1. The van der Waals surface area contributed by atoms with Gasteiger partial charge < -0.3 is 4.90 Å². The van der Waals surface area contributed by atoms with Crippen LogP contribution >= 0.6 is 11.8 Å². The largest absolute Gasteiger partial charge is 0.310 e. The summed E-state index contributed by atoms with van der Waals surface area (Å²) in [6.45, 7) is 0. The Balaban J connectivity index is 1.13. The molecule has 1 unspecified atom stereocenters. The summed E-state index contributed by atoms with van der Waals surface area (Å²) in [4.78, 5) is 5.28. The van der Waals surface area contributed by atoms with Crippen LogP contribution in [-0.2, 0) is 0 Å². The zero-order valence-electron chi connectivity index (χ0n) is 34.0. The predicted molar refractivity (Wildman–Crippen MR) is 270 cm³/mol. The van der Waals surface area contributed by atoms with Crippen molar-refractivity contribution >= 4 is 92.8 Å². The lowest BCUT2D eigenvalue weighted by molar-refractivity contribution is 1.29. The number of hydrogen-bond acceptors (Lipinski definition) is 2. The molecule has 0 bridgehead atoms. The fraction of sp³-hybridized carbons (Fsp3) is 0. The Labute approximate surface area is 370 Å². The third-order valence-corrected chi connectivity index (χ3v) is 23.5. The molecule has 0 N–H and O–H groups in total. The minimum Gasteiger partial charge on any atom is -0.310 e. The van der Waals surface area contributed by atoms with E-state index < -0.39 is 16.9 Å². The van der Waals surface area contributed by atoms with Crippen LogP contribution in [0.15, 0.2) is 252 Å². The lowest BCUT2D eigenvalue weighted by Crippen LogP contribution is -2.87. The molecule has 4 heteroatoms. The Kier molecular flexibility index (Phi) is 9.03. The fourth-order valence-corrected chi connectivity index (χ4v) is 22.9. The van der Waals surface area contributed by atoms with Crippen molar-refractivity contribution < 1.29 is 0 Å². The second-order valence-electron chi connectivity index (χ2n) is 16.3. The smallest absolute Gasteiger partial charge is 0.181 e. The van der Waals surface area contributed by atoms with E-state index in [1.165, 1.54) is 74.4 Å². The molecule has 12 rings (SSSR count). The molecule has 1 atom stereocenters. The molecule has 0 aromatic heterocycles. The van der Waals surface area contributed by atoms with Gasteiger partial charge in [0.05, 0.1) is 5.69 Å². The summed E-state index contributed by atoms with van der Waals surface area (Å²) in [7, 11) is -4.79. The quantitative estimate of drug-likeness (QED) is 0.154. The number of para-hydroxylation sites is 1. The van der Waals surface area contributed by atoms with Gasteiger partial charge in [0.25, 0.3) is 0 Å². The Morgan fingerprint density at radius 2 is 0.919 bits per heavy atom. The van der Waals surface area contributed by atoms with Gasteiger partial charge in [-0.2, -0.15) is 0 Å². The monoisotopic (exact) mass is 839 g/mol. The fourth-order valence-electron chi connectivity index (χ4n) is 10.5. The molecule has 0 saturated carbocycles. The van der Waals surface area contributed by atoms with E-state index in [4.69, 9.17) is 0 Å². The summed E-state index contributed by atoms with van der Waals surface area (Å²) in [5.41, 5.74) is 8.31. The predicted octanol–water partition coefficient (Wildman–Crippen LogP) is 10.0. The maximum Gasteiger partial charge on any atom is 0.181 e. The van der Waals surface area contributed by atoms with Crippen molar-refractivity contribution in [1.82, 2.24) is 0 Å². The van der Waals surface area contributed by atoms with Crippen molar-refractivity contribution in [2.45, 2.75) is 9.79 Å². The van der Waals surface area contributed by atoms with Crippen LogP contribution in [0.1, 0.15) is 0 Å². The van der Waals surface area contributed by atoms with Gasteiger partial charge in [-0.25, -0.2) is 0 Å². The van der Waals surface area contributed by atoms with Crippen molar-refractivity contribution in [3.63, 3.8) is 0 Å². The molecule has 1 nitrogen and oxygen atoms in total. The van der Waals surface area contributed by atoms with Crippen LogP contribution < -0.4 is 41.2 Å². The zero-order chi connectivity index (χ0) is 41.0. The Morgan fingerprint density at radius 1 is 0.371 bits per heavy atom. The van der Waals surface area contributed by atoms with Crippen LogP contribution in [0.25, 0.3) is 33.0 Å². The van der Waals surface area contributed by atoms with E-state index in [1.54, 1.807) is 10.4 Å². The first kappa shape index (κ1) is 36.9. The van der Waals surface area contributed by atoms with E-state index in [9.17, 15) is 0 Å². The molecule has 1 spiro atoms. The van der Waals surface area contributed by atoms with Crippen molar-refractivity contribution in [1.29, 1.82) is 0 Å². The van der Waals surface area contributed by atoms with Gasteiger partial charge in [-0.1, -0.05) is 228 Å². The highest BCUT2D eigenvalue weighted by Crippen LogP contribution is 2.42. The maximum atomic E-state index is 2.61. The summed E-state index contributed by atoms with van der Waals surface area (Å²) in [5, 5.41) is 13.1. The molecule has 0 aliphatic carbocycles. The van der Waals surface area contributed by atoms with Gasteiger partial charge in [-0.3, -0.25) is 0 Å². The first-order valence-corrected chi connectivity index (χ1v) is 26.0. The molecule has 2 aliphatic rings. The average molecular weight is 840 g/mol. The molecule has 2 aliphatic heterocycles. The molecule has 62 heavy (non-hydrogen) atoms. The molecule has 2 heterocycles. The molecular formula is C58H41NSSi2. The van der Waals surface area contributed by atoms with Gasteiger partial charge in [0.1, 0.15) is 8.80 Å². The molecule has 0 amide bonds. The van der Waals surface area contributed by atoms with Gasteiger partial charge in [0.15, 0.2) is 8.07 Å². The van der Waals surface area contributed by atoms with Crippen molar-refractivity contribution in [2.24, 2.45) is 0 Å². The molecule has 0 saturated heterocycles. The lowest BCUT2D eigenvalue weighted by Gasteiger charge is -2.46. The van der Waals surface area contributed by atoms with E-state index >= 15 is 0 Å².